The first-order valence-electron chi connectivity index (χ1n) is 8.49. The molecular formula is C20H18N2O5. The average Bonchev–Trinajstić information content (AvgIpc) is 3.01. The normalized spacial score (nSPS) is 14.8. The molecule has 0 unspecified atom stereocenters. The zero-order valence-electron chi connectivity index (χ0n) is 15.0. The van der Waals surface area contributed by atoms with Gasteiger partial charge < -0.3 is 9.47 Å². The molecule has 1 aliphatic rings. The summed E-state index contributed by atoms with van der Waals surface area (Å²) in [5.41, 5.74) is 1.84. The third kappa shape index (κ3) is 4.03. The van der Waals surface area contributed by atoms with Gasteiger partial charge in [-0.15, -0.1) is 0 Å². The minimum atomic E-state index is -0.577. The monoisotopic (exact) mass is 366 g/mol. The van der Waals surface area contributed by atoms with Crippen LogP contribution in [0, 0.1) is 17.0 Å². The maximum Gasteiger partial charge on any atom is 0.363 e. The molecule has 0 saturated carbocycles. The van der Waals surface area contributed by atoms with Crippen LogP contribution in [0.4, 0.5) is 5.69 Å². The summed E-state index contributed by atoms with van der Waals surface area (Å²) < 4.78 is 10.9. The van der Waals surface area contributed by atoms with E-state index >= 15 is 0 Å². The quantitative estimate of drug-likeness (QED) is 0.333. The molecule has 7 nitrogen and oxygen atoms in total. The van der Waals surface area contributed by atoms with Gasteiger partial charge in [0.25, 0.3) is 5.69 Å². The summed E-state index contributed by atoms with van der Waals surface area (Å²) in [6.07, 6.45) is 2.48. The number of benzene rings is 2. The van der Waals surface area contributed by atoms with Gasteiger partial charge in [0.1, 0.15) is 5.75 Å². The fourth-order valence-electron chi connectivity index (χ4n) is 2.62. The van der Waals surface area contributed by atoms with E-state index in [0.29, 0.717) is 23.5 Å². The highest BCUT2D eigenvalue weighted by molar-refractivity contribution is 6.13. The topological polar surface area (TPSA) is 91.0 Å². The molecule has 0 aliphatic carbocycles. The van der Waals surface area contributed by atoms with Crippen LogP contribution in [-0.2, 0) is 9.53 Å². The number of rotatable bonds is 6. The van der Waals surface area contributed by atoms with E-state index in [1.54, 1.807) is 19.1 Å². The minimum absolute atomic E-state index is 0.00133. The third-order valence-corrected chi connectivity index (χ3v) is 3.93. The molecule has 1 aliphatic heterocycles. The molecule has 1 heterocycles. The zero-order valence-corrected chi connectivity index (χ0v) is 15.0. The van der Waals surface area contributed by atoms with Crippen molar-refractivity contribution in [1.82, 2.24) is 0 Å². The molecule has 0 amide bonds. The van der Waals surface area contributed by atoms with E-state index in [0.717, 1.165) is 12.0 Å². The van der Waals surface area contributed by atoms with Gasteiger partial charge in [0.15, 0.2) is 5.70 Å². The molecule has 0 aromatic heterocycles. The summed E-state index contributed by atoms with van der Waals surface area (Å²) in [6, 6.07) is 11.8. The number of esters is 1. The molecule has 0 spiro atoms. The SMILES string of the molecule is CCCOc1ccccc1/C=C1\N=C(c2ccc([N+](=O)[O-])c(C)c2)OC1=O. The third-order valence-electron chi connectivity index (χ3n) is 3.93. The number of nitro benzene ring substituents is 1. The largest absolute Gasteiger partial charge is 0.493 e. The molecule has 0 saturated heterocycles. The molecule has 0 atom stereocenters. The van der Waals surface area contributed by atoms with Crippen molar-refractivity contribution in [3.8, 4) is 5.75 Å². The van der Waals surface area contributed by atoms with Crippen LogP contribution in [0.2, 0.25) is 0 Å². The lowest BCUT2D eigenvalue weighted by Crippen LogP contribution is -2.06. The Labute approximate surface area is 156 Å². The van der Waals surface area contributed by atoms with E-state index in [9.17, 15) is 14.9 Å². The van der Waals surface area contributed by atoms with Crippen LogP contribution < -0.4 is 4.74 Å². The Balaban J connectivity index is 1.92. The van der Waals surface area contributed by atoms with Crippen molar-refractivity contribution in [2.24, 2.45) is 4.99 Å². The molecule has 27 heavy (non-hydrogen) atoms. The van der Waals surface area contributed by atoms with Crippen LogP contribution in [-0.4, -0.2) is 23.4 Å². The molecule has 2 aromatic carbocycles. The smallest absolute Gasteiger partial charge is 0.363 e. The van der Waals surface area contributed by atoms with Gasteiger partial charge in [-0.25, -0.2) is 9.79 Å². The van der Waals surface area contributed by atoms with Gasteiger partial charge in [-0.1, -0.05) is 25.1 Å². The first kappa shape index (κ1) is 18.3. The van der Waals surface area contributed by atoms with Crippen molar-refractivity contribution in [3.05, 3.63) is 75.0 Å². The Hall–Kier alpha value is -3.48. The number of carbonyl (C=O) groups excluding carboxylic acids is 1. The Morgan fingerprint density at radius 1 is 1.26 bits per heavy atom. The van der Waals surface area contributed by atoms with Crippen LogP contribution in [0.3, 0.4) is 0 Å². The molecule has 7 heteroatoms. The number of ether oxygens (including phenoxy) is 2. The first-order valence-corrected chi connectivity index (χ1v) is 8.49. The second-order valence-corrected chi connectivity index (χ2v) is 5.98. The van der Waals surface area contributed by atoms with Gasteiger partial charge in [-0.05, 0) is 37.6 Å². The number of aryl methyl sites for hydroxylation is 1. The molecule has 0 N–H and O–H groups in total. The van der Waals surface area contributed by atoms with Crippen molar-refractivity contribution in [1.29, 1.82) is 0 Å². The van der Waals surface area contributed by atoms with Crippen LogP contribution in [0.15, 0.2) is 53.2 Å². The summed E-state index contributed by atoms with van der Waals surface area (Å²) in [5.74, 6) is 0.206. The number of hydrogen-bond donors (Lipinski definition) is 0. The number of carbonyl (C=O) groups is 1. The highest BCUT2D eigenvalue weighted by Gasteiger charge is 2.25. The van der Waals surface area contributed by atoms with Crippen LogP contribution in [0.25, 0.3) is 6.08 Å². The Morgan fingerprint density at radius 3 is 2.74 bits per heavy atom. The van der Waals surface area contributed by atoms with E-state index < -0.39 is 10.9 Å². The molecule has 0 radical (unpaired) electrons. The molecular weight excluding hydrogens is 348 g/mol. The summed E-state index contributed by atoms with van der Waals surface area (Å²) in [6.45, 7) is 4.20. The van der Waals surface area contributed by atoms with Gasteiger partial charge in [-0.2, -0.15) is 0 Å². The number of cyclic esters (lactones) is 1. The van der Waals surface area contributed by atoms with Crippen LogP contribution in [0.5, 0.6) is 5.75 Å². The lowest BCUT2D eigenvalue weighted by molar-refractivity contribution is -0.385. The van der Waals surface area contributed by atoms with Crippen molar-refractivity contribution < 1.29 is 19.2 Å². The number of hydrogen-bond acceptors (Lipinski definition) is 6. The summed E-state index contributed by atoms with van der Waals surface area (Å²) in [5, 5.41) is 10.9. The summed E-state index contributed by atoms with van der Waals surface area (Å²) >= 11 is 0. The van der Waals surface area contributed by atoms with E-state index in [1.807, 2.05) is 31.2 Å². The Bertz CT molecular complexity index is 963. The lowest BCUT2D eigenvalue weighted by Gasteiger charge is -2.07. The second kappa shape index (κ2) is 7.82. The maximum absolute atomic E-state index is 12.2. The second-order valence-electron chi connectivity index (χ2n) is 5.98. The van der Waals surface area contributed by atoms with Crippen LogP contribution in [0.1, 0.15) is 30.0 Å². The number of para-hydroxylation sites is 1. The highest BCUT2D eigenvalue weighted by Crippen LogP contribution is 2.26. The average molecular weight is 366 g/mol. The zero-order chi connectivity index (χ0) is 19.4. The fraction of sp³-hybridized carbons (Fsp3) is 0.200. The Kier molecular flexibility index (Phi) is 5.30. The number of nitro groups is 1. The van der Waals surface area contributed by atoms with Crippen molar-refractivity contribution in [2.75, 3.05) is 6.61 Å². The summed E-state index contributed by atoms with van der Waals surface area (Å²) in [4.78, 5) is 26.9. The molecule has 3 rings (SSSR count). The Morgan fingerprint density at radius 2 is 2.04 bits per heavy atom. The predicted molar refractivity (Wildman–Crippen MR) is 101 cm³/mol. The van der Waals surface area contributed by atoms with Gasteiger partial charge in [0, 0.05) is 22.8 Å². The van der Waals surface area contributed by atoms with E-state index in [-0.39, 0.29) is 17.3 Å². The number of nitrogens with zero attached hydrogens (tertiary/aromatic N) is 2. The van der Waals surface area contributed by atoms with Crippen molar-refractivity contribution in [3.63, 3.8) is 0 Å². The maximum atomic E-state index is 12.2. The van der Waals surface area contributed by atoms with E-state index in [2.05, 4.69) is 4.99 Å². The molecule has 0 bridgehead atoms. The molecule has 2 aromatic rings. The van der Waals surface area contributed by atoms with E-state index in [4.69, 9.17) is 9.47 Å². The predicted octanol–water partition coefficient (Wildman–Crippen LogP) is 4.04. The minimum Gasteiger partial charge on any atom is -0.493 e. The van der Waals surface area contributed by atoms with Crippen LogP contribution >= 0.6 is 0 Å². The highest BCUT2D eigenvalue weighted by atomic mass is 16.6. The van der Waals surface area contributed by atoms with Gasteiger partial charge in [-0.3, -0.25) is 10.1 Å². The standard InChI is InChI=1S/C20H18N2O5/c1-3-10-26-18-7-5-4-6-14(18)12-16-20(23)27-19(21-16)15-8-9-17(22(24)25)13(2)11-15/h4-9,11-12H,3,10H2,1-2H3/b16-12-. The number of aliphatic imine (C=N–C) groups is 1. The fourth-order valence-corrected chi connectivity index (χ4v) is 2.62. The molecule has 0 fully saturated rings. The summed E-state index contributed by atoms with van der Waals surface area (Å²) in [7, 11) is 0. The van der Waals surface area contributed by atoms with Gasteiger partial charge in [0.05, 0.1) is 11.5 Å². The first-order chi connectivity index (χ1) is 13.0. The van der Waals surface area contributed by atoms with Gasteiger partial charge in [0.2, 0.25) is 5.90 Å². The molecule has 138 valence electrons. The van der Waals surface area contributed by atoms with Gasteiger partial charge >= 0.3 is 5.97 Å². The van der Waals surface area contributed by atoms with Crippen molar-refractivity contribution in [2.45, 2.75) is 20.3 Å². The lowest BCUT2D eigenvalue weighted by atomic mass is 10.1. The van der Waals surface area contributed by atoms with Crippen molar-refractivity contribution >= 4 is 23.6 Å². The van der Waals surface area contributed by atoms with E-state index in [1.165, 1.54) is 12.1 Å².